The van der Waals surface area contributed by atoms with Crippen LogP contribution in [0.2, 0.25) is 5.02 Å². The minimum Gasteiger partial charge on any atom is -0.350 e. The number of aromatic nitrogens is 4. The SMILES string of the molecule is Cc1ccc(CNc2ncc3c(cnn3C)n2)cc1Cl. The summed E-state index contributed by atoms with van der Waals surface area (Å²) in [7, 11) is 1.87. The van der Waals surface area contributed by atoms with Crippen LogP contribution in [0, 0.1) is 6.92 Å². The molecule has 0 amide bonds. The molecule has 3 rings (SSSR count). The first-order valence-corrected chi connectivity index (χ1v) is 6.65. The minimum absolute atomic E-state index is 0.585. The number of nitrogens with one attached hydrogen (secondary N) is 1. The van der Waals surface area contributed by atoms with Gasteiger partial charge in [-0.2, -0.15) is 5.10 Å². The molecule has 3 aromatic rings. The fraction of sp³-hybridized carbons (Fsp3) is 0.214. The Hall–Kier alpha value is -2.14. The molecule has 1 N–H and O–H groups in total. The smallest absolute Gasteiger partial charge is 0.223 e. The second-order valence-electron chi connectivity index (χ2n) is 4.67. The van der Waals surface area contributed by atoms with E-state index in [1.807, 2.05) is 32.2 Å². The second kappa shape index (κ2) is 5.09. The van der Waals surface area contributed by atoms with Crippen LogP contribution in [0.15, 0.2) is 30.6 Å². The number of rotatable bonds is 3. The van der Waals surface area contributed by atoms with E-state index in [9.17, 15) is 0 Å². The highest BCUT2D eigenvalue weighted by Gasteiger charge is 2.04. The molecule has 6 heteroatoms. The lowest BCUT2D eigenvalue weighted by atomic mass is 10.1. The fourth-order valence-corrected chi connectivity index (χ4v) is 2.15. The van der Waals surface area contributed by atoms with Crippen molar-refractivity contribution in [3.05, 3.63) is 46.7 Å². The standard InChI is InChI=1S/C14H14ClN5/c1-9-3-4-10(5-11(9)15)6-16-14-17-8-13-12(19-14)7-18-20(13)2/h3-5,7-8H,6H2,1-2H3,(H,16,17,19). The maximum Gasteiger partial charge on any atom is 0.223 e. The molecular formula is C14H14ClN5. The maximum atomic E-state index is 6.11. The second-order valence-corrected chi connectivity index (χ2v) is 5.08. The van der Waals surface area contributed by atoms with Crippen molar-refractivity contribution < 1.29 is 0 Å². The number of benzene rings is 1. The van der Waals surface area contributed by atoms with Crippen LogP contribution in [-0.4, -0.2) is 19.7 Å². The predicted octanol–water partition coefficient (Wildman–Crippen LogP) is 2.94. The molecular weight excluding hydrogens is 274 g/mol. The van der Waals surface area contributed by atoms with Crippen molar-refractivity contribution in [1.82, 2.24) is 19.7 Å². The zero-order valence-corrected chi connectivity index (χ0v) is 12.0. The van der Waals surface area contributed by atoms with Crippen molar-refractivity contribution in [2.45, 2.75) is 13.5 Å². The van der Waals surface area contributed by atoms with Gasteiger partial charge in [-0.1, -0.05) is 23.7 Å². The molecule has 0 aliphatic heterocycles. The highest BCUT2D eigenvalue weighted by molar-refractivity contribution is 6.31. The molecule has 2 heterocycles. The Bertz CT molecular complexity index is 765. The number of hydrogen-bond donors (Lipinski definition) is 1. The van der Waals surface area contributed by atoms with E-state index in [0.29, 0.717) is 12.5 Å². The Morgan fingerprint density at radius 3 is 2.95 bits per heavy atom. The molecule has 0 bridgehead atoms. The molecule has 0 aliphatic carbocycles. The van der Waals surface area contributed by atoms with E-state index in [2.05, 4.69) is 20.4 Å². The Balaban J connectivity index is 1.77. The van der Waals surface area contributed by atoms with Crippen LogP contribution in [0.3, 0.4) is 0 Å². The van der Waals surface area contributed by atoms with Gasteiger partial charge < -0.3 is 5.32 Å². The first kappa shape index (κ1) is 12.9. The summed E-state index contributed by atoms with van der Waals surface area (Å²) in [6, 6.07) is 5.99. The van der Waals surface area contributed by atoms with Gasteiger partial charge in [0.25, 0.3) is 0 Å². The van der Waals surface area contributed by atoms with E-state index in [4.69, 9.17) is 11.6 Å². The van der Waals surface area contributed by atoms with Crippen LogP contribution in [0.4, 0.5) is 5.95 Å². The number of fused-ring (bicyclic) bond motifs is 1. The average molecular weight is 288 g/mol. The maximum absolute atomic E-state index is 6.11. The van der Waals surface area contributed by atoms with Gasteiger partial charge >= 0.3 is 0 Å². The van der Waals surface area contributed by atoms with Crippen molar-refractivity contribution in [1.29, 1.82) is 0 Å². The third kappa shape index (κ3) is 2.44. The largest absolute Gasteiger partial charge is 0.350 e. The quantitative estimate of drug-likeness (QED) is 0.805. The first-order valence-electron chi connectivity index (χ1n) is 6.27. The summed E-state index contributed by atoms with van der Waals surface area (Å²) < 4.78 is 1.75. The molecule has 0 radical (unpaired) electrons. The van der Waals surface area contributed by atoms with Crippen LogP contribution >= 0.6 is 11.6 Å². The summed E-state index contributed by atoms with van der Waals surface area (Å²) >= 11 is 6.11. The minimum atomic E-state index is 0.585. The summed E-state index contributed by atoms with van der Waals surface area (Å²) in [5.41, 5.74) is 3.90. The zero-order valence-electron chi connectivity index (χ0n) is 11.3. The van der Waals surface area contributed by atoms with Crippen molar-refractivity contribution in [2.75, 3.05) is 5.32 Å². The van der Waals surface area contributed by atoms with E-state index in [1.54, 1.807) is 17.1 Å². The van der Waals surface area contributed by atoms with E-state index >= 15 is 0 Å². The molecule has 0 unspecified atom stereocenters. The van der Waals surface area contributed by atoms with Crippen molar-refractivity contribution >= 4 is 28.6 Å². The van der Waals surface area contributed by atoms with Gasteiger partial charge in [0.05, 0.1) is 12.4 Å². The molecule has 0 saturated carbocycles. The molecule has 2 aromatic heterocycles. The molecule has 20 heavy (non-hydrogen) atoms. The van der Waals surface area contributed by atoms with Crippen molar-refractivity contribution in [2.24, 2.45) is 7.05 Å². The molecule has 0 saturated heterocycles. The van der Waals surface area contributed by atoms with Crippen molar-refractivity contribution in [3.8, 4) is 0 Å². The number of anilines is 1. The highest BCUT2D eigenvalue weighted by atomic mass is 35.5. The van der Waals surface area contributed by atoms with Gasteiger partial charge in [0.2, 0.25) is 5.95 Å². The topological polar surface area (TPSA) is 55.6 Å². The van der Waals surface area contributed by atoms with Crippen LogP contribution in [0.1, 0.15) is 11.1 Å². The Morgan fingerprint density at radius 2 is 2.15 bits per heavy atom. The molecule has 0 spiro atoms. The van der Waals surface area contributed by atoms with Crippen LogP contribution in [0.5, 0.6) is 0 Å². The normalized spacial score (nSPS) is 10.9. The zero-order chi connectivity index (χ0) is 14.1. The van der Waals surface area contributed by atoms with Gasteiger partial charge in [-0.15, -0.1) is 0 Å². The molecule has 5 nitrogen and oxygen atoms in total. The molecule has 1 aromatic carbocycles. The van der Waals surface area contributed by atoms with E-state index in [-0.39, 0.29) is 0 Å². The first-order chi connectivity index (χ1) is 9.63. The van der Waals surface area contributed by atoms with E-state index < -0.39 is 0 Å². The van der Waals surface area contributed by atoms with Gasteiger partial charge in [-0.25, -0.2) is 9.97 Å². The molecule has 0 atom stereocenters. The lowest BCUT2D eigenvalue weighted by Crippen LogP contribution is -2.03. The highest BCUT2D eigenvalue weighted by Crippen LogP contribution is 2.17. The third-order valence-corrected chi connectivity index (χ3v) is 3.59. The Kier molecular flexibility index (Phi) is 3.28. The van der Waals surface area contributed by atoms with Crippen LogP contribution in [-0.2, 0) is 13.6 Å². The fourth-order valence-electron chi connectivity index (χ4n) is 1.95. The van der Waals surface area contributed by atoms with Gasteiger partial charge in [-0.05, 0) is 24.1 Å². The van der Waals surface area contributed by atoms with Gasteiger partial charge in [0, 0.05) is 18.6 Å². The van der Waals surface area contributed by atoms with Crippen LogP contribution in [0.25, 0.3) is 11.0 Å². The Labute approximate surface area is 121 Å². The van der Waals surface area contributed by atoms with Gasteiger partial charge in [0.15, 0.2) is 0 Å². The number of aryl methyl sites for hydroxylation is 2. The lowest BCUT2D eigenvalue weighted by Gasteiger charge is -2.06. The summed E-state index contributed by atoms with van der Waals surface area (Å²) in [4.78, 5) is 8.69. The molecule has 102 valence electrons. The number of hydrogen-bond acceptors (Lipinski definition) is 4. The number of halogens is 1. The van der Waals surface area contributed by atoms with Crippen molar-refractivity contribution in [3.63, 3.8) is 0 Å². The Morgan fingerprint density at radius 1 is 1.30 bits per heavy atom. The third-order valence-electron chi connectivity index (χ3n) is 3.19. The van der Waals surface area contributed by atoms with Gasteiger partial charge in [-0.3, -0.25) is 4.68 Å². The van der Waals surface area contributed by atoms with E-state index in [0.717, 1.165) is 27.2 Å². The molecule has 0 fully saturated rings. The monoisotopic (exact) mass is 287 g/mol. The summed E-state index contributed by atoms with van der Waals surface area (Å²) in [5.74, 6) is 0.585. The van der Waals surface area contributed by atoms with Crippen LogP contribution < -0.4 is 5.32 Å². The summed E-state index contributed by atoms with van der Waals surface area (Å²) in [6.45, 7) is 2.62. The van der Waals surface area contributed by atoms with Gasteiger partial charge in [0.1, 0.15) is 11.0 Å². The van der Waals surface area contributed by atoms with E-state index in [1.165, 1.54) is 0 Å². The summed E-state index contributed by atoms with van der Waals surface area (Å²) in [6.07, 6.45) is 3.49. The average Bonchev–Trinajstić information content (AvgIpc) is 2.81. The number of nitrogens with zero attached hydrogens (tertiary/aromatic N) is 4. The predicted molar refractivity (Wildman–Crippen MR) is 79.8 cm³/mol. The lowest BCUT2D eigenvalue weighted by molar-refractivity contribution is 0.795. The summed E-state index contributed by atoms with van der Waals surface area (Å²) in [5, 5.41) is 8.11. The molecule has 0 aliphatic rings.